The Bertz CT molecular complexity index is 530. The Balaban J connectivity index is 2.19. The zero-order valence-corrected chi connectivity index (χ0v) is 12.8. The molecule has 0 amide bonds. The van der Waals surface area contributed by atoms with Gasteiger partial charge in [0, 0.05) is 6.54 Å². The van der Waals surface area contributed by atoms with Crippen LogP contribution in [0.3, 0.4) is 0 Å². The van der Waals surface area contributed by atoms with Crippen molar-refractivity contribution in [2.75, 3.05) is 17.8 Å². The van der Waals surface area contributed by atoms with E-state index in [0.717, 1.165) is 13.0 Å². The third kappa shape index (κ3) is 3.17. The van der Waals surface area contributed by atoms with Gasteiger partial charge < -0.3 is 5.32 Å². The lowest BCUT2D eigenvalue weighted by atomic mass is 10.2. The van der Waals surface area contributed by atoms with Crippen LogP contribution in [0, 0.1) is 0 Å². The molecule has 18 heavy (non-hydrogen) atoms. The third-order valence-corrected chi connectivity index (χ3v) is 6.08. The van der Waals surface area contributed by atoms with E-state index in [0.29, 0.717) is 28.1 Å². The maximum absolute atomic E-state index is 12.2. The molecule has 1 aliphatic heterocycles. The van der Waals surface area contributed by atoms with Crippen molar-refractivity contribution < 1.29 is 8.42 Å². The molecule has 1 atom stereocenters. The summed E-state index contributed by atoms with van der Waals surface area (Å²) in [7, 11) is -3.38. The zero-order valence-electron chi connectivity index (χ0n) is 9.62. The normalized spacial score (nSPS) is 20.7. The fraction of sp³-hybridized carbons (Fsp3) is 0.455. The molecule has 4 nitrogen and oxygen atoms in total. The van der Waals surface area contributed by atoms with Crippen LogP contribution in [0.15, 0.2) is 22.7 Å². The summed E-state index contributed by atoms with van der Waals surface area (Å²) in [6, 6.07) is 5.10. The molecule has 0 aromatic heterocycles. The monoisotopic (exact) mass is 352 g/mol. The molecular weight excluding hydrogens is 340 g/mol. The quantitative estimate of drug-likeness (QED) is 0.878. The molecule has 100 valence electrons. The minimum Gasteiger partial charge on any atom is -0.315 e. The van der Waals surface area contributed by atoms with Gasteiger partial charge in [0.2, 0.25) is 10.0 Å². The van der Waals surface area contributed by atoms with E-state index in [1.807, 2.05) is 0 Å². The Morgan fingerprint density at radius 2 is 2.22 bits per heavy atom. The summed E-state index contributed by atoms with van der Waals surface area (Å²) in [6.07, 6.45) is 1.56. The number of sulfonamides is 1. The molecule has 1 unspecified atom stereocenters. The average Bonchev–Trinajstić information content (AvgIpc) is 2.36. The van der Waals surface area contributed by atoms with Crippen molar-refractivity contribution in [3.63, 3.8) is 0 Å². The fourth-order valence-corrected chi connectivity index (χ4v) is 4.03. The first kappa shape index (κ1) is 14.1. The van der Waals surface area contributed by atoms with Gasteiger partial charge in [-0.15, -0.1) is 0 Å². The molecule has 0 saturated carbocycles. The van der Waals surface area contributed by atoms with Crippen molar-refractivity contribution in [1.82, 2.24) is 5.32 Å². The van der Waals surface area contributed by atoms with E-state index >= 15 is 0 Å². The van der Waals surface area contributed by atoms with E-state index in [9.17, 15) is 8.42 Å². The predicted molar refractivity (Wildman–Crippen MR) is 77.6 cm³/mol. The maximum atomic E-state index is 12.2. The summed E-state index contributed by atoms with van der Waals surface area (Å²) in [5.74, 6) is 0. The van der Waals surface area contributed by atoms with Gasteiger partial charge in [0.15, 0.2) is 0 Å². The predicted octanol–water partition coefficient (Wildman–Crippen LogP) is 2.60. The van der Waals surface area contributed by atoms with Crippen LogP contribution >= 0.6 is 27.5 Å². The molecule has 0 radical (unpaired) electrons. The first-order valence-electron chi connectivity index (χ1n) is 5.67. The standard InChI is InChI=1S/C11H14BrClN2O2S/c12-11-9(13)4-1-5-10(11)15-18(16,17)8-3-2-6-14-7-8/h1,4-5,8,14-15H,2-3,6-7H2. The van der Waals surface area contributed by atoms with Gasteiger partial charge in [0.05, 0.1) is 20.4 Å². The molecule has 1 saturated heterocycles. The minimum atomic E-state index is -3.38. The number of hydrogen-bond donors (Lipinski definition) is 2. The topological polar surface area (TPSA) is 58.2 Å². The minimum absolute atomic E-state index is 0.392. The molecular formula is C11H14BrClN2O2S. The van der Waals surface area contributed by atoms with Crippen LogP contribution in [-0.2, 0) is 10.0 Å². The van der Waals surface area contributed by atoms with E-state index in [1.165, 1.54) is 0 Å². The van der Waals surface area contributed by atoms with Gasteiger partial charge in [-0.1, -0.05) is 17.7 Å². The Morgan fingerprint density at radius 1 is 1.44 bits per heavy atom. The lowest BCUT2D eigenvalue weighted by Crippen LogP contribution is -2.41. The van der Waals surface area contributed by atoms with Crippen LogP contribution < -0.4 is 10.0 Å². The van der Waals surface area contributed by atoms with Gasteiger partial charge in [-0.3, -0.25) is 4.72 Å². The molecule has 0 spiro atoms. The first-order chi connectivity index (χ1) is 8.50. The van der Waals surface area contributed by atoms with Crippen molar-refractivity contribution in [2.45, 2.75) is 18.1 Å². The Morgan fingerprint density at radius 3 is 2.89 bits per heavy atom. The highest BCUT2D eigenvalue weighted by molar-refractivity contribution is 9.10. The molecule has 1 aromatic rings. The Hall–Kier alpha value is -0.300. The van der Waals surface area contributed by atoms with Crippen molar-refractivity contribution >= 4 is 43.2 Å². The number of anilines is 1. The van der Waals surface area contributed by atoms with Crippen molar-refractivity contribution in [3.8, 4) is 0 Å². The molecule has 2 N–H and O–H groups in total. The zero-order chi connectivity index (χ0) is 13.2. The molecule has 1 heterocycles. The molecule has 0 bridgehead atoms. The van der Waals surface area contributed by atoms with Crippen LogP contribution in [-0.4, -0.2) is 26.8 Å². The third-order valence-electron chi connectivity index (χ3n) is 2.89. The summed E-state index contributed by atoms with van der Waals surface area (Å²) in [5, 5.41) is 3.19. The van der Waals surface area contributed by atoms with Crippen LogP contribution in [0.5, 0.6) is 0 Å². The van der Waals surface area contributed by atoms with Gasteiger partial charge in [-0.2, -0.15) is 0 Å². The van der Waals surface area contributed by atoms with Crippen LogP contribution in [0.2, 0.25) is 5.02 Å². The smallest absolute Gasteiger partial charge is 0.236 e. The molecule has 1 fully saturated rings. The molecule has 0 aliphatic carbocycles. The summed E-state index contributed by atoms with van der Waals surface area (Å²) in [6.45, 7) is 1.38. The fourth-order valence-electron chi connectivity index (χ4n) is 1.90. The molecule has 1 aromatic carbocycles. The maximum Gasteiger partial charge on any atom is 0.236 e. The number of nitrogens with one attached hydrogen (secondary N) is 2. The summed E-state index contributed by atoms with van der Waals surface area (Å²) in [4.78, 5) is 0. The highest BCUT2D eigenvalue weighted by atomic mass is 79.9. The van der Waals surface area contributed by atoms with Crippen LogP contribution in [0.25, 0.3) is 0 Å². The van der Waals surface area contributed by atoms with E-state index in [1.54, 1.807) is 18.2 Å². The summed E-state index contributed by atoms with van der Waals surface area (Å²) < 4.78 is 27.6. The average molecular weight is 354 g/mol. The SMILES string of the molecule is O=S(=O)(Nc1cccc(Cl)c1Br)C1CCCNC1. The lowest BCUT2D eigenvalue weighted by Gasteiger charge is -2.23. The second-order valence-electron chi connectivity index (χ2n) is 4.22. The summed E-state index contributed by atoms with van der Waals surface area (Å²) in [5.41, 5.74) is 0.480. The number of hydrogen-bond acceptors (Lipinski definition) is 3. The first-order valence-corrected chi connectivity index (χ1v) is 8.39. The number of halogens is 2. The van der Waals surface area contributed by atoms with Crippen LogP contribution in [0.4, 0.5) is 5.69 Å². The molecule has 7 heteroatoms. The number of piperidine rings is 1. The molecule has 2 rings (SSSR count). The van der Waals surface area contributed by atoms with Gasteiger partial charge in [0.1, 0.15) is 0 Å². The van der Waals surface area contributed by atoms with Crippen molar-refractivity contribution in [2.24, 2.45) is 0 Å². The highest BCUT2D eigenvalue weighted by Crippen LogP contribution is 2.31. The number of rotatable bonds is 3. The van der Waals surface area contributed by atoms with Crippen LogP contribution in [0.1, 0.15) is 12.8 Å². The van der Waals surface area contributed by atoms with E-state index < -0.39 is 15.3 Å². The Kier molecular flexibility index (Phi) is 4.53. The van der Waals surface area contributed by atoms with Crippen molar-refractivity contribution in [3.05, 3.63) is 27.7 Å². The van der Waals surface area contributed by atoms with Gasteiger partial charge in [-0.05, 0) is 47.4 Å². The van der Waals surface area contributed by atoms with E-state index in [2.05, 4.69) is 26.0 Å². The van der Waals surface area contributed by atoms with E-state index in [-0.39, 0.29) is 0 Å². The lowest BCUT2D eigenvalue weighted by molar-refractivity contribution is 0.499. The van der Waals surface area contributed by atoms with Gasteiger partial charge in [-0.25, -0.2) is 8.42 Å². The summed E-state index contributed by atoms with van der Waals surface area (Å²) >= 11 is 9.22. The van der Waals surface area contributed by atoms with Crippen molar-refractivity contribution in [1.29, 1.82) is 0 Å². The van der Waals surface area contributed by atoms with E-state index in [4.69, 9.17) is 11.6 Å². The number of benzene rings is 1. The second kappa shape index (κ2) is 5.77. The second-order valence-corrected chi connectivity index (χ2v) is 7.38. The molecule has 1 aliphatic rings. The Labute approximate surface area is 120 Å². The highest BCUT2D eigenvalue weighted by Gasteiger charge is 2.27. The largest absolute Gasteiger partial charge is 0.315 e. The van der Waals surface area contributed by atoms with Gasteiger partial charge >= 0.3 is 0 Å². The van der Waals surface area contributed by atoms with Gasteiger partial charge in [0.25, 0.3) is 0 Å².